The first-order chi connectivity index (χ1) is 15.0. The highest BCUT2D eigenvalue weighted by Gasteiger charge is 2.24. The molecule has 31 heavy (non-hydrogen) atoms. The van der Waals surface area contributed by atoms with Crippen LogP contribution in [0.2, 0.25) is 0 Å². The fraction of sp³-hybridized carbons (Fsp3) is 0.348. The maximum atomic E-state index is 13.3. The first-order valence-corrected chi connectivity index (χ1v) is 10.7. The Balaban J connectivity index is 1.68. The minimum atomic E-state index is -0.163. The molecule has 0 saturated heterocycles. The highest BCUT2D eigenvalue weighted by Crippen LogP contribution is 2.31. The lowest BCUT2D eigenvalue weighted by atomic mass is 10.00. The van der Waals surface area contributed by atoms with Crippen molar-refractivity contribution >= 4 is 34.7 Å². The molecule has 162 valence electrons. The first-order valence-electron chi connectivity index (χ1n) is 10.3. The Hall–Kier alpha value is -2.97. The summed E-state index contributed by atoms with van der Waals surface area (Å²) in [5.41, 5.74) is 2.91. The fourth-order valence-electron chi connectivity index (χ4n) is 4.02. The number of methoxy groups -OCH3 is 2. The third kappa shape index (κ3) is 4.13. The van der Waals surface area contributed by atoms with E-state index in [1.165, 1.54) is 4.57 Å². The van der Waals surface area contributed by atoms with Crippen LogP contribution in [0.25, 0.3) is 10.9 Å². The maximum Gasteiger partial charge on any atom is 0.262 e. The van der Waals surface area contributed by atoms with E-state index in [0.29, 0.717) is 47.4 Å². The zero-order valence-corrected chi connectivity index (χ0v) is 18.5. The molecule has 1 N–H and O–H groups in total. The van der Waals surface area contributed by atoms with Gasteiger partial charge in [-0.15, -0.1) is 0 Å². The van der Waals surface area contributed by atoms with E-state index in [1.54, 1.807) is 37.3 Å². The number of benzene rings is 2. The second-order valence-electron chi connectivity index (χ2n) is 7.55. The number of hydrogen-bond acceptors (Lipinski definition) is 5. The molecule has 2 heterocycles. The number of rotatable bonds is 6. The van der Waals surface area contributed by atoms with Crippen molar-refractivity contribution in [1.82, 2.24) is 9.55 Å². The number of nitrogens with zero attached hydrogens (tertiary/aromatic N) is 2. The summed E-state index contributed by atoms with van der Waals surface area (Å²) in [6, 6.07) is 10.9. The molecule has 0 fully saturated rings. The molecule has 0 bridgehead atoms. The quantitative estimate of drug-likeness (QED) is 0.468. The highest BCUT2D eigenvalue weighted by molar-refractivity contribution is 7.71. The molecular weight excluding hydrogens is 414 g/mol. The lowest BCUT2D eigenvalue weighted by molar-refractivity contribution is 0.0985. The van der Waals surface area contributed by atoms with Gasteiger partial charge in [-0.2, -0.15) is 0 Å². The van der Waals surface area contributed by atoms with Crippen molar-refractivity contribution in [3.8, 4) is 5.75 Å². The number of aryl methyl sites for hydroxylation is 1. The van der Waals surface area contributed by atoms with E-state index in [4.69, 9.17) is 21.7 Å². The van der Waals surface area contributed by atoms with Gasteiger partial charge in [-0.25, -0.2) is 0 Å². The predicted molar refractivity (Wildman–Crippen MR) is 123 cm³/mol. The molecule has 0 radical (unpaired) electrons. The second-order valence-corrected chi connectivity index (χ2v) is 7.94. The van der Waals surface area contributed by atoms with E-state index in [0.717, 1.165) is 29.8 Å². The number of aromatic amines is 1. The Morgan fingerprint density at radius 2 is 2.03 bits per heavy atom. The summed E-state index contributed by atoms with van der Waals surface area (Å²) < 4.78 is 12.3. The van der Waals surface area contributed by atoms with Gasteiger partial charge in [-0.3, -0.25) is 14.2 Å². The normalized spacial score (nSPS) is 13.3. The largest absolute Gasteiger partial charge is 0.497 e. The summed E-state index contributed by atoms with van der Waals surface area (Å²) in [7, 11) is 3.26. The van der Waals surface area contributed by atoms with Gasteiger partial charge in [0.2, 0.25) is 0 Å². The van der Waals surface area contributed by atoms with Crippen LogP contribution in [-0.2, 0) is 17.7 Å². The van der Waals surface area contributed by atoms with Gasteiger partial charge >= 0.3 is 0 Å². The molecule has 1 amide bonds. The molecule has 0 saturated carbocycles. The van der Waals surface area contributed by atoms with Crippen molar-refractivity contribution in [2.75, 3.05) is 32.3 Å². The molecule has 2 aromatic carbocycles. The van der Waals surface area contributed by atoms with Crippen molar-refractivity contribution < 1.29 is 14.3 Å². The second kappa shape index (κ2) is 9.03. The van der Waals surface area contributed by atoms with E-state index in [9.17, 15) is 9.59 Å². The summed E-state index contributed by atoms with van der Waals surface area (Å²) in [5.74, 6) is 0.685. The van der Waals surface area contributed by atoms with Gasteiger partial charge < -0.3 is 19.4 Å². The molecule has 1 aliphatic heterocycles. The van der Waals surface area contributed by atoms with Crippen molar-refractivity contribution in [2.45, 2.75) is 25.8 Å². The van der Waals surface area contributed by atoms with Gasteiger partial charge in [0.25, 0.3) is 11.5 Å². The number of fused-ring (bicyclic) bond motifs is 2. The molecule has 8 heteroatoms. The minimum Gasteiger partial charge on any atom is -0.497 e. The molecule has 0 unspecified atom stereocenters. The van der Waals surface area contributed by atoms with Gasteiger partial charge in [0.15, 0.2) is 4.77 Å². The van der Waals surface area contributed by atoms with E-state index < -0.39 is 0 Å². The number of nitrogens with one attached hydrogen (secondary N) is 1. The van der Waals surface area contributed by atoms with Crippen LogP contribution in [0.15, 0.2) is 41.2 Å². The Bertz CT molecular complexity index is 1250. The van der Waals surface area contributed by atoms with Gasteiger partial charge in [0.05, 0.1) is 18.0 Å². The number of anilines is 1. The maximum absolute atomic E-state index is 13.3. The van der Waals surface area contributed by atoms with Crippen molar-refractivity contribution in [2.24, 2.45) is 0 Å². The molecule has 0 aliphatic carbocycles. The number of carbonyl (C=O) groups is 1. The summed E-state index contributed by atoms with van der Waals surface area (Å²) in [6.07, 6.45) is 2.48. The van der Waals surface area contributed by atoms with Crippen LogP contribution in [0.5, 0.6) is 5.75 Å². The molecule has 3 aromatic rings. The standard InChI is InChI=1S/C23H25N3O4S/c1-29-12-4-11-26-22(28)18-8-6-16(14-19(18)24-23(26)31)21(27)25-10-3-5-15-13-17(30-2)7-9-20(15)25/h6-9,13-14H,3-5,10-12H2,1-2H3,(H,24,31). The minimum absolute atomic E-state index is 0.100. The molecule has 4 rings (SSSR count). The van der Waals surface area contributed by atoms with Gasteiger partial charge in [0.1, 0.15) is 5.75 Å². The fourth-order valence-corrected chi connectivity index (χ4v) is 4.31. The van der Waals surface area contributed by atoms with Crippen LogP contribution in [0.3, 0.4) is 0 Å². The smallest absolute Gasteiger partial charge is 0.262 e. The van der Waals surface area contributed by atoms with Crippen LogP contribution in [0.4, 0.5) is 5.69 Å². The average molecular weight is 440 g/mol. The van der Waals surface area contributed by atoms with E-state index >= 15 is 0 Å². The lowest BCUT2D eigenvalue weighted by Crippen LogP contribution is -2.35. The molecular formula is C23H25N3O4S. The highest BCUT2D eigenvalue weighted by atomic mass is 32.1. The Labute approximate surface area is 185 Å². The monoisotopic (exact) mass is 439 g/mol. The molecule has 0 atom stereocenters. The van der Waals surface area contributed by atoms with Crippen LogP contribution in [-0.4, -0.2) is 42.8 Å². The summed E-state index contributed by atoms with van der Waals surface area (Å²) >= 11 is 5.39. The Morgan fingerprint density at radius 1 is 1.19 bits per heavy atom. The van der Waals surface area contributed by atoms with Crippen molar-refractivity contribution in [3.63, 3.8) is 0 Å². The Kier molecular flexibility index (Phi) is 6.20. The number of hydrogen-bond donors (Lipinski definition) is 1. The van der Waals surface area contributed by atoms with Crippen molar-refractivity contribution in [3.05, 3.63) is 62.6 Å². The van der Waals surface area contributed by atoms with Crippen LogP contribution >= 0.6 is 12.2 Å². The average Bonchev–Trinajstić information content (AvgIpc) is 2.79. The topological polar surface area (TPSA) is 76.6 Å². The van der Waals surface area contributed by atoms with Gasteiger partial charge in [0, 0.05) is 38.1 Å². The SMILES string of the molecule is COCCCn1c(=S)[nH]c2cc(C(=O)N3CCCc4cc(OC)ccc43)ccc2c1=O. The summed E-state index contributed by atoms with van der Waals surface area (Å²) in [4.78, 5) is 31.1. The zero-order valence-electron chi connectivity index (χ0n) is 17.6. The number of H-pyrrole nitrogens is 1. The van der Waals surface area contributed by atoms with E-state index in [1.807, 2.05) is 18.2 Å². The van der Waals surface area contributed by atoms with E-state index in [2.05, 4.69) is 4.98 Å². The number of ether oxygens (including phenoxy) is 2. The van der Waals surface area contributed by atoms with Gasteiger partial charge in [-0.1, -0.05) is 0 Å². The van der Waals surface area contributed by atoms with Gasteiger partial charge in [-0.05, 0) is 73.4 Å². The molecule has 1 aromatic heterocycles. The third-order valence-corrected chi connectivity index (χ3v) is 5.93. The summed E-state index contributed by atoms with van der Waals surface area (Å²) in [5, 5.41) is 0.506. The molecule has 0 spiro atoms. The third-order valence-electron chi connectivity index (χ3n) is 5.61. The zero-order chi connectivity index (χ0) is 22.0. The number of amides is 1. The molecule has 7 nitrogen and oxygen atoms in total. The lowest BCUT2D eigenvalue weighted by Gasteiger charge is -2.30. The molecule has 1 aliphatic rings. The number of aromatic nitrogens is 2. The summed E-state index contributed by atoms with van der Waals surface area (Å²) in [6.45, 7) is 1.68. The van der Waals surface area contributed by atoms with Crippen molar-refractivity contribution in [1.29, 1.82) is 0 Å². The van der Waals surface area contributed by atoms with Crippen LogP contribution < -0.4 is 15.2 Å². The van der Waals surface area contributed by atoms with E-state index in [-0.39, 0.29) is 11.5 Å². The van der Waals surface area contributed by atoms with Crippen LogP contribution in [0, 0.1) is 4.77 Å². The number of carbonyl (C=O) groups excluding carboxylic acids is 1. The van der Waals surface area contributed by atoms with Crippen LogP contribution in [0.1, 0.15) is 28.8 Å². The predicted octanol–water partition coefficient (Wildman–Crippen LogP) is 3.70. The first kappa shape index (κ1) is 21.3. The Morgan fingerprint density at radius 3 is 2.81 bits per heavy atom.